The monoisotopic (exact) mass is 461 g/mol. The van der Waals surface area contributed by atoms with Crippen LogP contribution in [0, 0.1) is 11.3 Å². The Hall–Kier alpha value is -3.12. The number of anilines is 1. The molecule has 152 valence electrons. The fraction of sp³-hybridized carbons (Fsp3) is 0.100. The predicted molar refractivity (Wildman–Crippen MR) is 115 cm³/mol. The fourth-order valence-electron chi connectivity index (χ4n) is 2.47. The first-order valence-electron chi connectivity index (χ1n) is 8.49. The summed E-state index contributed by atoms with van der Waals surface area (Å²) >= 11 is 13.3. The van der Waals surface area contributed by atoms with Crippen molar-refractivity contribution in [2.75, 3.05) is 18.5 Å². The van der Waals surface area contributed by atoms with Gasteiger partial charge in [-0.25, -0.2) is 0 Å². The first-order chi connectivity index (χ1) is 14.4. The molecule has 3 rings (SSSR count). The first kappa shape index (κ1) is 21.6. The number of amides is 2. The predicted octanol–water partition coefficient (Wildman–Crippen LogP) is 3.99. The van der Waals surface area contributed by atoms with Crippen LogP contribution in [0.5, 0.6) is 0 Å². The summed E-state index contributed by atoms with van der Waals surface area (Å²) in [4.78, 5) is 36.3. The second kappa shape index (κ2) is 9.59. The van der Waals surface area contributed by atoms with Gasteiger partial charge in [0.25, 0.3) is 11.8 Å². The first-order valence-corrected chi connectivity index (χ1v) is 10.1. The lowest BCUT2D eigenvalue weighted by Crippen LogP contribution is -2.32. The lowest BCUT2D eigenvalue weighted by atomic mass is 10.2. The highest BCUT2D eigenvalue weighted by Crippen LogP contribution is 2.34. The maximum Gasteiger partial charge on any atom is 0.325 e. The molecular formula is C20H13Cl2N3O4S. The van der Waals surface area contributed by atoms with Gasteiger partial charge in [-0.15, -0.1) is 11.3 Å². The number of halogens is 2. The highest BCUT2D eigenvalue weighted by molar-refractivity contribution is 7.21. The van der Waals surface area contributed by atoms with Crippen LogP contribution >= 0.6 is 34.5 Å². The Morgan fingerprint density at radius 1 is 1.13 bits per heavy atom. The lowest BCUT2D eigenvalue weighted by molar-refractivity contribution is -0.146. The molecule has 30 heavy (non-hydrogen) atoms. The second-order valence-corrected chi connectivity index (χ2v) is 7.78. The molecule has 0 aliphatic heterocycles. The third-order valence-electron chi connectivity index (χ3n) is 3.87. The van der Waals surface area contributed by atoms with Crippen LogP contribution in [0.2, 0.25) is 10.0 Å². The van der Waals surface area contributed by atoms with E-state index in [1.165, 1.54) is 29.5 Å². The number of rotatable bonds is 6. The van der Waals surface area contributed by atoms with Crippen molar-refractivity contribution in [3.05, 3.63) is 63.0 Å². The van der Waals surface area contributed by atoms with Gasteiger partial charge in [-0.05, 0) is 24.3 Å². The molecule has 0 aliphatic carbocycles. The normalized spacial score (nSPS) is 10.3. The summed E-state index contributed by atoms with van der Waals surface area (Å²) in [7, 11) is 0. The number of carbonyl (C=O) groups is 3. The number of ether oxygens (including phenoxy) is 1. The Bertz CT molecular complexity index is 1190. The summed E-state index contributed by atoms with van der Waals surface area (Å²) in [6.07, 6.45) is 0. The zero-order valence-corrected chi connectivity index (χ0v) is 17.5. The molecule has 0 bridgehead atoms. The van der Waals surface area contributed by atoms with E-state index in [2.05, 4.69) is 10.6 Å². The number of benzene rings is 2. The molecule has 7 nitrogen and oxygen atoms in total. The number of hydrogen-bond acceptors (Lipinski definition) is 6. The Balaban J connectivity index is 1.48. The molecule has 2 amide bonds. The van der Waals surface area contributed by atoms with Crippen molar-refractivity contribution in [1.82, 2.24) is 5.32 Å². The molecule has 0 saturated heterocycles. The number of nitrogens with zero attached hydrogens (tertiary/aromatic N) is 1. The lowest BCUT2D eigenvalue weighted by Gasteiger charge is -2.08. The van der Waals surface area contributed by atoms with Gasteiger partial charge in [0.2, 0.25) is 0 Å². The summed E-state index contributed by atoms with van der Waals surface area (Å²) in [5, 5.41) is 15.0. The van der Waals surface area contributed by atoms with E-state index in [-0.39, 0.29) is 10.6 Å². The molecule has 2 N–H and O–H groups in total. The number of fused-ring (bicyclic) bond motifs is 1. The molecular weight excluding hydrogens is 449 g/mol. The van der Waals surface area contributed by atoms with E-state index in [0.29, 0.717) is 15.6 Å². The maximum atomic E-state index is 12.3. The molecule has 3 aromatic rings. The van der Waals surface area contributed by atoms with Crippen molar-refractivity contribution in [1.29, 1.82) is 5.26 Å². The minimum Gasteiger partial charge on any atom is -0.454 e. The van der Waals surface area contributed by atoms with Crippen LogP contribution in [0.4, 0.5) is 5.69 Å². The molecule has 0 fully saturated rings. The summed E-state index contributed by atoms with van der Waals surface area (Å²) < 4.78 is 5.70. The average molecular weight is 462 g/mol. The maximum absolute atomic E-state index is 12.3. The molecule has 0 saturated carbocycles. The largest absolute Gasteiger partial charge is 0.454 e. The van der Waals surface area contributed by atoms with Gasteiger partial charge in [0, 0.05) is 15.8 Å². The van der Waals surface area contributed by atoms with E-state index in [1.807, 2.05) is 24.3 Å². The Morgan fingerprint density at radius 3 is 2.60 bits per heavy atom. The summed E-state index contributed by atoms with van der Waals surface area (Å²) in [6.45, 7) is -0.963. The molecule has 0 aliphatic rings. The number of nitrogens with one attached hydrogen (secondary N) is 2. The molecule has 10 heteroatoms. The third-order valence-corrected chi connectivity index (χ3v) is 5.86. The van der Waals surface area contributed by atoms with E-state index in [0.717, 1.165) is 10.1 Å². The van der Waals surface area contributed by atoms with Gasteiger partial charge in [0.1, 0.15) is 17.5 Å². The van der Waals surface area contributed by atoms with Crippen molar-refractivity contribution < 1.29 is 19.1 Å². The van der Waals surface area contributed by atoms with Crippen molar-refractivity contribution in [3.8, 4) is 6.07 Å². The van der Waals surface area contributed by atoms with Crippen molar-refractivity contribution in [2.45, 2.75) is 0 Å². The van der Waals surface area contributed by atoms with E-state index < -0.39 is 30.9 Å². The number of thiophene rings is 1. The molecule has 0 unspecified atom stereocenters. The summed E-state index contributed by atoms with van der Waals surface area (Å²) in [5.41, 5.74) is 0.628. The molecule has 1 aromatic heterocycles. The second-order valence-electron chi connectivity index (χ2n) is 5.94. The minimum atomic E-state index is -0.784. The highest BCUT2D eigenvalue weighted by atomic mass is 35.5. The third kappa shape index (κ3) is 5.07. The van der Waals surface area contributed by atoms with Gasteiger partial charge in [-0.2, -0.15) is 5.26 Å². The molecule has 0 atom stereocenters. The Labute approximate surface area is 185 Å². The van der Waals surface area contributed by atoms with Crippen LogP contribution in [0.1, 0.15) is 15.2 Å². The number of hydrogen-bond donors (Lipinski definition) is 2. The topological polar surface area (TPSA) is 108 Å². The van der Waals surface area contributed by atoms with Gasteiger partial charge >= 0.3 is 5.97 Å². The smallest absolute Gasteiger partial charge is 0.325 e. The van der Waals surface area contributed by atoms with Gasteiger partial charge in [0.15, 0.2) is 6.61 Å². The Morgan fingerprint density at radius 2 is 1.90 bits per heavy atom. The van der Waals surface area contributed by atoms with E-state index in [4.69, 9.17) is 33.2 Å². The van der Waals surface area contributed by atoms with Crippen LogP contribution in [-0.2, 0) is 14.3 Å². The minimum absolute atomic E-state index is 0.190. The van der Waals surface area contributed by atoms with Gasteiger partial charge in [0.05, 0.1) is 15.6 Å². The molecule has 0 radical (unpaired) electrons. The van der Waals surface area contributed by atoms with Crippen LogP contribution in [0.3, 0.4) is 0 Å². The van der Waals surface area contributed by atoms with Crippen LogP contribution in [0.15, 0.2) is 42.5 Å². The van der Waals surface area contributed by atoms with E-state index in [9.17, 15) is 14.4 Å². The summed E-state index contributed by atoms with van der Waals surface area (Å²) in [5.74, 6) is -1.88. The number of nitriles is 1. The average Bonchev–Trinajstić information content (AvgIpc) is 3.07. The van der Waals surface area contributed by atoms with Crippen LogP contribution in [0.25, 0.3) is 10.1 Å². The van der Waals surface area contributed by atoms with Gasteiger partial charge in [-0.1, -0.05) is 41.4 Å². The van der Waals surface area contributed by atoms with Crippen molar-refractivity contribution in [3.63, 3.8) is 0 Å². The molecule has 1 heterocycles. The SMILES string of the molecule is N#Cc1ccc(NC(=O)COC(=O)CNC(=O)c2sc3ccccc3c2Cl)cc1Cl. The zero-order chi connectivity index (χ0) is 21.7. The van der Waals surface area contributed by atoms with E-state index >= 15 is 0 Å². The van der Waals surface area contributed by atoms with Crippen molar-refractivity contribution in [2.24, 2.45) is 0 Å². The highest BCUT2D eigenvalue weighted by Gasteiger charge is 2.18. The van der Waals surface area contributed by atoms with Crippen LogP contribution in [-0.4, -0.2) is 30.9 Å². The van der Waals surface area contributed by atoms with Gasteiger partial charge < -0.3 is 15.4 Å². The summed E-state index contributed by atoms with van der Waals surface area (Å²) in [6, 6.07) is 13.6. The Kier molecular flexibility index (Phi) is 6.90. The fourth-order valence-corrected chi connectivity index (χ4v) is 4.13. The van der Waals surface area contributed by atoms with Gasteiger partial charge in [-0.3, -0.25) is 14.4 Å². The molecule has 0 spiro atoms. The standard InChI is InChI=1S/C20H13Cl2N3O4S/c21-14-7-12(6-5-11(14)8-23)25-16(26)10-29-17(27)9-24-20(28)19-18(22)13-3-1-2-4-15(13)30-19/h1-7H,9-10H2,(H,24,28)(H,25,26). The number of carbonyl (C=O) groups excluding carboxylic acids is 3. The van der Waals surface area contributed by atoms with Crippen LogP contribution < -0.4 is 10.6 Å². The van der Waals surface area contributed by atoms with E-state index in [1.54, 1.807) is 6.07 Å². The zero-order valence-electron chi connectivity index (χ0n) is 15.2. The van der Waals surface area contributed by atoms with Crippen molar-refractivity contribution >= 4 is 68.1 Å². The quantitative estimate of drug-likeness (QED) is 0.539. The molecule has 2 aromatic carbocycles. The number of esters is 1.